The molecule has 9 atom stereocenters. The molecular weight excluding hydrogens is 599 g/mol. The van der Waals surface area contributed by atoms with Gasteiger partial charge in [-0.15, -0.1) is 23.2 Å². The average molecular weight is 652 g/mol. The van der Waals surface area contributed by atoms with E-state index in [1.54, 1.807) is 21.3 Å². The summed E-state index contributed by atoms with van der Waals surface area (Å²) in [5.74, 6) is -1.05. The van der Waals surface area contributed by atoms with Crippen molar-refractivity contribution < 1.29 is 38.0 Å². The number of halogens is 2. The summed E-state index contributed by atoms with van der Waals surface area (Å²) in [4.78, 5) is 31.3. The molecule has 43 heavy (non-hydrogen) atoms. The van der Waals surface area contributed by atoms with Gasteiger partial charge in [0.05, 0.1) is 47.5 Å². The number of carbonyl (C=O) groups excluding carboxylic acids is 2. The lowest BCUT2D eigenvalue weighted by Gasteiger charge is -2.39. The second-order valence-corrected chi connectivity index (χ2v) is 13.6. The van der Waals surface area contributed by atoms with Crippen LogP contribution in [-0.4, -0.2) is 137 Å². The number of cyclic esters (lactones) is 1. The second-order valence-electron chi connectivity index (χ2n) is 12.5. The lowest BCUT2D eigenvalue weighted by atomic mass is 9.83. The second kappa shape index (κ2) is 17.8. The highest BCUT2D eigenvalue weighted by Gasteiger charge is 2.43. The molecule has 2 saturated heterocycles. The van der Waals surface area contributed by atoms with Crippen LogP contribution in [0.4, 0.5) is 0 Å². The van der Waals surface area contributed by atoms with E-state index in [4.69, 9.17) is 51.6 Å². The standard InChI is InChI=1S/C31H52Cl2N2O8/c1-38-26-19-22-20-27(29(26)40-3)41-15-4-7-23(43-31(37)21-17-24(32)28(39-2)25(33)18-21)8-12-35-10-5-9-34(13-14-35)11-6-16-42-30(22)36/h21-29H,4-20H2,1-3H3. The van der Waals surface area contributed by atoms with Crippen LogP contribution in [0.3, 0.4) is 0 Å². The first-order chi connectivity index (χ1) is 20.8. The fourth-order valence-electron chi connectivity index (χ4n) is 7.12. The molecule has 248 valence electrons. The average Bonchev–Trinajstić information content (AvgIpc) is 3.23. The highest BCUT2D eigenvalue weighted by Crippen LogP contribution is 2.35. The zero-order valence-corrected chi connectivity index (χ0v) is 27.6. The van der Waals surface area contributed by atoms with Gasteiger partial charge in [0.2, 0.25) is 0 Å². The van der Waals surface area contributed by atoms with Crippen molar-refractivity contribution in [3.63, 3.8) is 0 Å². The van der Waals surface area contributed by atoms with Crippen molar-refractivity contribution in [3.05, 3.63) is 0 Å². The third-order valence-electron chi connectivity index (χ3n) is 9.61. The van der Waals surface area contributed by atoms with E-state index in [9.17, 15) is 9.59 Å². The Balaban J connectivity index is 1.42. The predicted octanol–water partition coefficient (Wildman–Crippen LogP) is 3.49. The lowest BCUT2D eigenvalue weighted by molar-refractivity contribution is -0.172. The molecule has 2 saturated carbocycles. The van der Waals surface area contributed by atoms with Crippen LogP contribution < -0.4 is 0 Å². The molecular formula is C31H52Cl2N2O8. The van der Waals surface area contributed by atoms with Crippen LogP contribution in [0.1, 0.15) is 57.8 Å². The van der Waals surface area contributed by atoms with Crippen LogP contribution in [0.25, 0.3) is 0 Å². The van der Waals surface area contributed by atoms with Crippen LogP contribution in [0.15, 0.2) is 0 Å². The SMILES string of the molecule is COC1CC2CC(OCCCC(OC(=O)C3CC(Cl)C(OC)C(Cl)C3)CCN3CCCN(CCCOC2=O)CC3)C1OC. The van der Waals surface area contributed by atoms with Crippen LogP contribution in [0.5, 0.6) is 0 Å². The third kappa shape index (κ3) is 10.1. The maximum absolute atomic E-state index is 13.3. The predicted molar refractivity (Wildman–Crippen MR) is 164 cm³/mol. The number of fused-ring (bicyclic) bond motifs is 5. The highest BCUT2D eigenvalue weighted by atomic mass is 35.5. The number of alkyl halides is 2. The zero-order valence-electron chi connectivity index (χ0n) is 26.1. The Morgan fingerprint density at radius 3 is 2.12 bits per heavy atom. The summed E-state index contributed by atoms with van der Waals surface area (Å²) in [7, 11) is 4.90. The molecule has 4 rings (SSSR count). The van der Waals surface area contributed by atoms with Crippen molar-refractivity contribution in [2.75, 3.05) is 73.8 Å². The van der Waals surface area contributed by atoms with Gasteiger partial charge >= 0.3 is 11.9 Å². The molecule has 2 aliphatic heterocycles. The van der Waals surface area contributed by atoms with Gasteiger partial charge in [-0.3, -0.25) is 9.59 Å². The van der Waals surface area contributed by atoms with Gasteiger partial charge in [-0.1, -0.05) is 0 Å². The summed E-state index contributed by atoms with van der Waals surface area (Å²) in [6.45, 7) is 6.63. The quantitative estimate of drug-likeness (QED) is 0.325. The van der Waals surface area contributed by atoms with Crippen LogP contribution >= 0.6 is 23.2 Å². The molecule has 0 spiro atoms. The van der Waals surface area contributed by atoms with Crippen molar-refractivity contribution in [1.29, 1.82) is 0 Å². The Labute approximate surface area is 267 Å². The van der Waals surface area contributed by atoms with Gasteiger partial charge in [0.15, 0.2) is 0 Å². The van der Waals surface area contributed by atoms with Gasteiger partial charge in [0, 0.05) is 54.1 Å². The number of nitrogens with zero attached hydrogens (tertiary/aromatic N) is 2. The maximum atomic E-state index is 13.3. The van der Waals surface area contributed by atoms with Crippen molar-refractivity contribution in [2.24, 2.45) is 11.8 Å². The van der Waals surface area contributed by atoms with E-state index in [-0.39, 0.29) is 65.0 Å². The molecule has 4 bridgehead atoms. The van der Waals surface area contributed by atoms with Crippen LogP contribution in [-0.2, 0) is 38.0 Å². The minimum Gasteiger partial charge on any atom is -0.465 e. The van der Waals surface area contributed by atoms with E-state index < -0.39 is 0 Å². The molecule has 4 fully saturated rings. The number of hydrogen-bond acceptors (Lipinski definition) is 10. The molecule has 4 aliphatic rings. The van der Waals surface area contributed by atoms with Gasteiger partial charge in [-0.2, -0.15) is 0 Å². The fourth-order valence-corrected chi connectivity index (χ4v) is 8.18. The molecule has 9 unspecified atom stereocenters. The Kier molecular flexibility index (Phi) is 14.6. The topological polar surface area (TPSA) is 96.0 Å². The van der Waals surface area contributed by atoms with Crippen LogP contribution in [0.2, 0.25) is 0 Å². The fraction of sp³-hybridized carbons (Fsp3) is 0.935. The van der Waals surface area contributed by atoms with E-state index >= 15 is 0 Å². The molecule has 0 amide bonds. The number of rotatable bonds is 5. The monoisotopic (exact) mass is 650 g/mol. The van der Waals surface area contributed by atoms with E-state index in [1.807, 2.05) is 0 Å². The van der Waals surface area contributed by atoms with Crippen molar-refractivity contribution >= 4 is 35.1 Å². The molecule has 0 N–H and O–H groups in total. The minimum absolute atomic E-state index is 0.185. The molecule has 12 heteroatoms. The van der Waals surface area contributed by atoms with E-state index in [2.05, 4.69) is 9.80 Å². The van der Waals surface area contributed by atoms with Gasteiger partial charge in [0.25, 0.3) is 0 Å². The number of hydrogen-bond donors (Lipinski definition) is 0. The molecule has 2 heterocycles. The van der Waals surface area contributed by atoms with Crippen molar-refractivity contribution in [1.82, 2.24) is 9.80 Å². The van der Waals surface area contributed by atoms with Crippen molar-refractivity contribution in [2.45, 2.75) is 99.1 Å². The van der Waals surface area contributed by atoms with E-state index in [0.29, 0.717) is 51.7 Å². The van der Waals surface area contributed by atoms with Gasteiger partial charge in [0.1, 0.15) is 12.2 Å². The Morgan fingerprint density at radius 2 is 1.44 bits per heavy atom. The number of methoxy groups -OCH3 is 3. The maximum Gasteiger partial charge on any atom is 0.309 e. The number of esters is 2. The van der Waals surface area contributed by atoms with E-state index in [0.717, 1.165) is 58.5 Å². The molecule has 2 aliphatic carbocycles. The first-order valence-corrected chi connectivity index (χ1v) is 17.0. The Bertz CT molecular complexity index is 860. The largest absolute Gasteiger partial charge is 0.465 e. The lowest BCUT2D eigenvalue weighted by Crippen LogP contribution is -2.49. The van der Waals surface area contributed by atoms with Crippen LogP contribution in [0, 0.1) is 11.8 Å². The summed E-state index contributed by atoms with van der Waals surface area (Å²) < 4.78 is 35.1. The van der Waals surface area contributed by atoms with Gasteiger partial charge in [-0.05, 0) is 70.9 Å². The first kappa shape index (κ1) is 35.1. The summed E-state index contributed by atoms with van der Waals surface area (Å²) in [6, 6.07) is 0. The number of carbonyl (C=O) groups is 2. The normalized spacial score (nSPS) is 40.8. The minimum atomic E-state index is -0.344. The van der Waals surface area contributed by atoms with Crippen molar-refractivity contribution in [3.8, 4) is 0 Å². The zero-order chi connectivity index (χ0) is 30.8. The Morgan fingerprint density at radius 1 is 0.767 bits per heavy atom. The summed E-state index contributed by atoms with van der Waals surface area (Å²) in [6.07, 6.45) is 4.75. The van der Waals surface area contributed by atoms with Gasteiger partial charge in [-0.25, -0.2) is 0 Å². The summed E-state index contributed by atoms with van der Waals surface area (Å²) in [5.41, 5.74) is 0. The summed E-state index contributed by atoms with van der Waals surface area (Å²) in [5, 5.41) is -0.661. The molecule has 0 aromatic heterocycles. The number of ether oxygens (including phenoxy) is 6. The first-order valence-electron chi connectivity index (χ1n) is 16.1. The highest BCUT2D eigenvalue weighted by molar-refractivity contribution is 6.25. The molecule has 10 nitrogen and oxygen atoms in total. The smallest absolute Gasteiger partial charge is 0.309 e. The van der Waals surface area contributed by atoms with E-state index in [1.165, 1.54) is 0 Å². The molecule has 0 aromatic carbocycles. The summed E-state index contributed by atoms with van der Waals surface area (Å²) >= 11 is 13.1. The Hall–Kier alpha value is -0.720. The molecule has 0 aromatic rings. The molecule has 0 radical (unpaired) electrons. The van der Waals surface area contributed by atoms with Gasteiger partial charge < -0.3 is 38.2 Å². The third-order valence-corrected chi connectivity index (χ3v) is 10.5.